The Morgan fingerprint density at radius 1 is 1.42 bits per heavy atom. The van der Waals surface area contributed by atoms with Crippen LogP contribution in [0.3, 0.4) is 0 Å². The van der Waals surface area contributed by atoms with Gasteiger partial charge in [-0.25, -0.2) is 4.98 Å². The molecule has 0 unspecified atom stereocenters. The Kier molecular flexibility index (Phi) is 4.77. The fraction of sp³-hybridized carbons (Fsp3) is 0.571. The van der Waals surface area contributed by atoms with Gasteiger partial charge in [-0.1, -0.05) is 30.9 Å². The number of hydrogen-bond donors (Lipinski definition) is 2. The van der Waals surface area contributed by atoms with Crippen molar-refractivity contribution in [2.45, 2.75) is 38.5 Å². The largest absolute Gasteiger partial charge is 0.330 e. The van der Waals surface area contributed by atoms with Crippen LogP contribution in [0.25, 0.3) is 0 Å². The van der Waals surface area contributed by atoms with E-state index in [0.717, 1.165) is 12.8 Å². The van der Waals surface area contributed by atoms with Gasteiger partial charge in [0.1, 0.15) is 5.15 Å². The van der Waals surface area contributed by atoms with Crippen LogP contribution in [0, 0.1) is 5.41 Å². The maximum atomic E-state index is 12.1. The third-order valence-corrected chi connectivity index (χ3v) is 4.10. The maximum absolute atomic E-state index is 12.1. The summed E-state index contributed by atoms with van der Waals surface area (Å²) in [6.07, 6.45) is 7.77. The quantitative estimate of drug-likeness (QED) is 0.834. The van der Waals surface area contributed by atoms with E-state index in [2.05, 4.69) is 10.3 Å². The maximum Gasteiger partial charge on any atom is 0.224 e. The normalized spacial score (nSPS) is 18.0. The molecule has 1 aromatic heterocycles. The minimum Gasteiger partial charge on any atom is -0.330 e. The van der Waals surface area contributed by atoms with Crippen LogP contribution < -0.4 is 11.1 Å². The van der Waals surface area contributed by atoms with Gasteiger partial charge in [-0.2, -0.15) is 0 Å². The van der Waals surface area contributed by atoms with Crippen molar-refractivity contribution in [2.24, 2.45) is 11.1 Å². The first-order valence-electron chi connectivity index (χ1n) is 6.75. The Hall–Kier alpha value is -1.13. The molecular weight excluding hydrogens is 262 g/mol. The molecular formula is C14H20ClN3O. The van der Waals surface area contributed by atoms with Gasteiger partial charge in [-0.3, -0.25) is 4.79 Å². The van der Waals surface area contributed by atoms with Gasteiger partial charge >= 0.3 is 0 Å². The zero-order chi connectivity index (χ0) is 13.7. The van der Waals surface area contributed by atoms with E-state index in [0.29, 0.717) is 23.8 Å². The molecule has 0 radical (unpaired) electrons. The van der Waals surface area contributed by atoms with Crippen LogP contribution in [-0.4, -0.2) is 17.4 Å². The van der Waals surface area contributed by atoms with E-state index >= 15 is 0 Å². The lowest BCUT2D eigenvalue weighted by molar-refractivity contribution is -0.118. The van der Waals surface area contributed by atoms with Crippen molar-refractivity contribution in [3.8, 4) is 0 Å². The van der Waals surface area contributed by atoms with E-state index in [9.17, 15) is 4.79 Å². The average Bonchev–Trinajstić information content (AvgIpc) is 2.39. The Morgan fingerprint density at radius 3 is 2.79 bits per heavy atom. The number of rotatable bonds is 4. The molecule has 0 bridgehead atoms. The molecule has 1 amide bonds. The van der Waals surface area contributed by atoms with Gasteiger partial charge in [0.25, 0.3) is 0 Å². The molecule has 1 heterocycles. The number of nitrogens with zero attached hydrogens (tertiary/aromatic N) is 1. The van der Waals surface area contributed by atoms with E-state index in [1.165, 1.54) is 19.3 Å². The molecule has 1 aliphatic carbocycles. The summed E-state index contributed by atoms with van der Waals surface area (Å²) in [6.45, 7) is 0.581. The van der Waals surface area contributed by atoms with Gasteiger partial charge < -0.3 is 11.1 Å². The topological polar surface area (TPSA) is 68.0 Å². The van der Waals surface area contributed by atoms with Crippen molar-refractivity contribution >= 4 is 23.2 Å². The lowest BCUT2D eigenvalue weighted by Crippen LogP contribution is -2.36. The van der Waals surface area contributed by atoms with Crippen LogP contribution in [0.2, 0.25) is 5.15 Å². The summed E-state index contributed by atoms with van der Waals surface area (Å²) in [5, 5.41) is 3.25. The van der Waals surface area contributed by atoms with Crippen molar-refractivity contribution in [3.05, 3.63) is 23.5 Å². The smallest absolute Gasteiger partial charge is 0.224 e. The second-order valence-electron chi connectivity index (χ2n) is 5.36. The molecule has 1 saturated carbocycles. The molecule has 0 aromatic carbocycles. The van der Waals surface area contributed by atoms with Crippen LogP contribution >= 0.6 is 11.6 Å². The van der Waals surface area contributed by atoms with Crippen molar-refractivity contribution in [1.29, 1.82) is 0 Å². The number of aromatic nitrogens is 1. The van der Waals surface area contributed by atoms with E-state index in [4.69, 9.17) is 17.3 Å². The number of pyridine rings is 1. The van der Waals surface area contributed by atoms with Crippen molar-refractivity contribution in [2.75, 3.05) is 11.9 Å². The standard InChI is InChI=1S/C14H20ClN3O/c15-12-8-11(4-7-17-12)18-13(19)9-14(10-16)5-2-1-3-6-14/h4,7-8H,1-3,5-6,9-10,16H2,(H,17,18,19). The molecule has 0 atom stereocenters. The number of hydrogen-bond acceptors (Lipinski definition) is 3. The predicted octanol–water partition coefficient (Wildman–Crippen LogP) is 2.97. The Morgan fingerprint density at radius 2 is 2.16 bits per heavy atom. The summed E-state index contributed by atoms with van der Waals surface area (Å²) in [4.78, 5) is 16.0. The fourth-order valence-corrected chi connectivity index (χ4v) is 2.95. The molecule has 5 heteroatoms. The van der Waals surface area contributed by atoms with Gasteiger partial charge in [-0.05, 0) is 36.9 Å². The summed E-state index contributed by atoms with van der Waals surface area (Å²) >= 11 is 5.79. The van der Waals surface area contributed by atoms with E-state index in [1.807, 2.05) is 0 Å². The Balaban J connectivity index is 1.96. The Labute approximate surface area is 118 Å². The summed E-state index contributed by atoms with van der Waals surface area (Å²) < 4.78 is 0. The number of anilines is 1. The van der Waals surface area contributed by atoms with E-state index in [-0.39, 0.29) is 11.3 Å². The molecule has 104 valence electrons. The zero-order valence-corrected chi connectivity index (χ0v) is 11.7. The SMILES string of the molecule is NCC1(CC(=O)Nc2ccnc(Cl)c2)CCCCC1. The summed E-state index contributed by atoms with van der Waals surface area (Å²) in [5.41, 5.74) is 6.57. The van der Waals surface area contributed by atoms with Crippen LogP contribution in [0.15, 0.2) is 18.3 Å². The number of amides is 1. The number of carbonyl (C=O) groups is 1. The molecule has 0 aliphatic heterocycles. The molecule has 19 heavy (non-hydrogen) atoms. The van der Waals surface area contributed by atoms with E-state index in [1.54, 1.807) is 18.3 Å². The number of carbonyl (C=O) groups excluding carboxylic acids is 1. The van der Waals surface area contributed by atoms with Crippen molar-refractivity contribution in [3.63, 3.8) is 0 Å². The highest BCUT2D eigenvalue weighted by atomic mass is 35.5. The zero-order valence-electron chi connectivity index (χ0n) is 11.0. The summed E-state index contributed by atoms with van der Waals surface area (Å²) in [7, 11) is 0. The molecule has 3 N–H and O–H groups in total. The number of nitrogens with one attached hydrogen (secondary N) is 1. The van der Waals surface area contributed by atoms with Gasteiger partial charge in [0.2, 0.25) is 5.91 Å². The van der Waals surface area contributed by atoms with Gasteiger partial charge in [0.05, 0.1) is 0 Å². The molecule has 2 rings (SSSR count). The average molecular weight is 282 g/mol. The predicted molar refractivity (Wildman–Crippen MR) is 77.1 cm³/mol. The van der Waals surface area contributed by atoms with Gasteiger partial charge in [0, 0.05) is 18.3 Å². The third kappa shape index (κ3) is 3.91. The second kappa shape index (κ2) is 6.35. The number of nitrogens with two attached hydrogens (primary N) is 1. The summed E-state index contributed by atoms with van der Waals surface area (Å²) in [6, 6.07) is 3.38. The molecule has 0 saturated heterocycles. The van der Waals surface area contributed by atoms with Crippen molar-refractivity contribution < 1.29 is 4.79 Å². The number of halogens is 1. The third-order valence-electron chi connectivity index (χ3n) is 3.89. The lowest BCUT2D eigenvalue weighted by atomic mass is 9.71. The van der Waals surface area contributed by atoms with Crippen LogP contribution in [0.4, 0.5) is 5.69 Å². The highest BCUT2D eigenvalue weighted by Gasteiger charge is 2.32. The lowest BCUT2D eigenvalue weighted by Gasteiger charge is -2.35. The minimum absolute atomic E-state index is 0.00890. The molecule has 0 spiro atoms. The molecule has 1 fully saturated rings. The highest BCUT2D eigenvalue weighted by molar-refractivity contribution is 6.29. The van der Waals surface area contributed by atoms with E-state index < -0.39 is 0 Å². The van der Waals surface area contributed by atoms with Crippen molar-refractivity contribution in [1.82, 2.24) is 4.98 Å². The molecule has 1 aromatic rings. The van der Waals surface area contributed by atoms with Gasteiger partial charge in [0.15, 0.2) is 0 Å². The summed E-state index contributed by atoms with van der Waals surface area (Å²) in [5.74, 6) is 0.00890. The van der Waals surface area contributed by atoms with Crippen LogP contribution in [0.1, 0.15) is 38.5 Å². The second-order valence-corrected chi connectivity index (χ2v) is 5.74. The van der Waals surface area contributed by atoms with Crippen LogP contribution in [-0.2, 0) is 4.79 Å². The molecule has 4 nitrogen and oxygen atoms in total. The Bertz CT molecular complexity index is 444. The highest BCUT2D eigenvalue weighted by Crippen LogP contribution is 2.38. The minimum atomic E-state index is -0.0147. The van der Waals surface area contributed by atoms with Gasteiger partial charge in [-0.15, -0.1) is 0 Å². The first-order chi connectivity index (χ1) is 9.13. The molecule has 1 aliphatic rings. The monoisotopic (exact) mass is 281 g/mol. The first-order valence-corrected chi connectivity index (χ1v) is 7.13. The first kappa shape index (κ1) is 14.3. The van der Waals surface area contributed by atoms with Crippen LogP contribution in [0.5, 0.6) is 0 Å². The fourth-order valence-electron chi connectivity index (χ4n) is 2.78.